The van der Waals surface area contributed by atoms with Crippen LogP contribution in [0, 0.1) is 5.92 Å². The molecule has 10 heteroatoms. The Hall–Kier alpha value is -1.81. The van der Waals surface area contributed by atoms with Crippen molar-refractivity contribution in [2.75, 3.05) is 25.1 Å². The molecular formula is C17H30N4O5S. The number of rotatable bonds is 10. The maximum Gasteiger partial charge on any atom is 0.326 e. The second-order valence-corrected chi connectivity index (χ2v) is 7.85. The summed E-state index contributed by atoms with van der Waals surface area (Å²) in [6.45, 7) is 3.76. The van der Waals surface area contributed by atoms with E-state index in [0.717, 1.165) is 0 Å². The Morgan fingerprint density at radius 3 is 2.44 bits per heavy atom. The van der Waals surface area contributed by atoms with Gasteiger partial charge in [0, 0.05) is 6.54 Å². The minimum Gasteiger partial charge on any atom is -0.480 e. The molecule has 9 nitrogen and oxygen atoms in total. The number of hydrogen-bond acceptors (Lipinski definition) is 6. The van der Waals surface area contributed by atoms with E-state index in [2.05, 4.69) is 10.6 Å². The summed E-state index contributed by atoms with van der Waals surface area (Å²) in [5.74, 6) is -1.92. The first kappa shape index (κ1) is 23.2. The van der Waals surface area contributed by atoms with Crippen molar-refractivity contribution in [3.63, 3.8) is 0 Å². The normalized spacial score (nSPS) is 18.9. The van der Waals surface area contributed by atoms with E-state index in [1.54, 1.807) is 13.8 Å². The minimum absolute atomic E-state index is 0.175. The number of carboxylic acid groups (broad SMARTS) is 1. The van der Waals surface area contributed by atoms with Crippen LogP contribution in [0.15, 0.2) is 0 Å². The van der Waals surface area contributed by atoms with Crippen LogP contribution < -0.4 is 16.4 Å². The molecule has 0 radical (unpaired) electrons. The maximum atomic E-state index is 12.9. The number of nitrogens with zero attached hydrogens (tertiary/aromatic N) is 1. The molecule has 0 saturated carbocycles. The number of nitrogens with two attached hydrogens (primary N) is 1. The first-order chi connectivity index (χ1) is 12.7. The second kappa shape index (κ2) is 11.1. The van der Waals surface area contributed by atoms with Gasteiger partial charge in [-0.25, -0.2) is 4.79 Å². The van der Waals surface area contributed by atoms with Gasteiger partial charge in [-0.3, -0.25) is 14.4 Å². The molecule has 0 aromatic carbocycles. The van der Waals surface area contributed by atoms with Crippen LogP contribution in [0.2, 0.25) is 0 Å². The molecule has 3 unspecified atom stereocenters. The van der Waals surface area contributed by atoms with Crippen molar-refractivity contribution in [3.05, 3.63) is 0 Å². The Morgan fingerprint density at radius 1 is 1.26 bits per heavy atom. The fraction of sp³-hybridized carbons (Fsp3) is 0.765. The minimum atomic E-state index is -1.09. The van der Waals surface area contributed by atoms with Crippen molar-refractivity contribution in [2.24, 2.45) is 11.7 Å². The molecule has 0 aromatic heterocycles. The van der Waals surface area contributed by atoms with E-state index in [4.69, 9.17) is 5.73 Å². The van der Waals surface area contributed by atoms with Gasteiger partial charge in [-0.2, -0.15) is 11.8 Å². The third-order valence-corrected chi connectivity index (χ3v) is 5.14. The molecule has 3 atom stereocenters. The molecule has 0 spiro atoms. The largest absolute Gasteiger partial charge is 0.480 e. The van der Waals surface area contributed by atoms with Crippen LogP contribution in [-0.2, 0) is 19.2 Å². The number of nitrogens with one attached hydrogen (secondary N) is 2. The first-order valence-electron chi connectivity index (χ1n) is 9.04. The van der Waals surface area contributed by atoms with Crippen LogP contribution in [0.3, 0.4) is 0 Å². The van der Waals surface area contributed by atoms with Crippen LogP contribution in [0.5, 0.6) is 0 Å². The zero-order chi connectivity index (χ0) is 20.6. The summed E-state index contributed by atoms with van der Waals surface area (Å²) in [7, 11) is 0. The summed E-state index contributed by atoms with van der Waals surface area (Å²) in [6, 6.07) is -2.49. The van der Waals surface area contributed by atoms with Crippen molar-refractivity contribution >= 4 is 35.5 Å². The van der Waals surface area contributed by atoms with E-state index in [0.29, 0.717) is 31.6 Å². The van der Waals surface area contributed by atoms with Crippen LogP contribution in [0.25, 0.3) is 0 Å². The third kappa shape index (κ3) is 6.69. The fourth-order valence-electron chi connectivity index (χ4n) is 2.99. The Balaban J connectivity index is 2.85. The van der Waals surface area contributed by atoms with Crippen LogP contribution in [-0.4, -0.2) is 76.9 Å². The molecule has 0 aromatic rings. The van der Waals surface area contributed by atoms with Gasteiger partial charge in [-0.1, -0.05) is 13.8 Å². The van der Waals surface area contributed by atoms with Gasteiger partial charge in [-0.15, -0.1) is 0 Å². The predicted octanol–water partition coefficient (Wildman–Crippen LogP) is -0.601. The van der Waals surface area contributed by atoms with Gasteiger partial charge in [0.25, 0.3) is 0 Å². The molecule has 0 bridgehead atoms. The number of amides is 3. The monoisotopic (exact) mass is 402 g/mol. The molecule has 27 heavy (non-hydrogen) atoms. The highest BCUT2D eigenvalue weighted by Gasteiger charge is 2.39. The number of carboxylic acids is 1. The summed E-state index contributed by atoms with van der Waals surface area (Å²) < 4.78 is 0. The summed E-state index contributed by atoms with van der Waals surface area (Å²) in [4.78, 5) is 50.0. The lowest BCUT2D eigenvalue weighted by Crippen LogP contribution is -2.57. The molecule has 154 valence electrons. The van der Waals surface area contributed by atoms with E-state index in [1.807, 2.05) is 6.26 Å². The highest BCUT2D eigenvalue weighted by Crippen LogP contribution is 2.21. The Bertz CT molecular complexity index is 557. The van der Waals surface area contributed by atoms with E-state index in [1.165, 1.54) is 16.7 Å². The Kier molecular flexibility index (Phi) is 9.57. The van der Waals surface area contributed by atoms with E-state index in [9.17, 15) is 24.3 Å². The van der Waals surface area contributed by atoms with Crippen LogP contribution in [0.4, 0.5) is 0 Å². The molecule has 3 amide bonds. The van der Waals surface area contributed by atoms with E-state index >= 15 is 0 Å². The molecule has 1 aliphatic heterocycles. The van der Waals surface area contributed by atoms with Crippen molar-refractivity contribution in [1.29, 1.82) is 0 Å². The lowest BCUT2D eigenvalue weighted by Gasteiger charge is -2.31. The molecule has 0 aliphatic carbocycles. The molecular weight excluding hydrogens is 372 g/mol. The highest BCUT2D eigenvalue weighted by molar-refractivity contribution is 7.98. The van der Waals surface area contributed by atoms with Gasteiger partial charge >= 0.3 is 5.97 Å². The van der Waals surface area contributed by atoms with E-state index < -0.39 is 35.9 Å². The molecule has 1 saturated heterocycles. The summed E-state index contributed by atoms with van der Waals surface area (Å²) in [5, 5.41) is 14.4. The summed E-state index contributed by atoms with van der Waals surface area (Å²) in [6.07, 6.45) is 3.27. The average Bonchev–Trinajstić information content (AvgIpc) is 3.11. The van der Waals surface area contributed by atoms with Crippen molar-refractivity contribution < 1.29 is 24.3 Å². The van der Waals surface area contributed by atoms with Crippen LogP contribution in [0.1, 0.15) is 33.1 Å². The third-order valence-electron chi connectivity index (χ3n) is 4.50. The van der Waals surface area contributed by atoms with Crippen molar-refractivity contribution in [1.82, 2.24) is 15.5 Å². The Morgan fingerprint density at radius 2 is 1.93 bits per heavy atom. The predicted molar refractivity (Wildman–Crippen MR) is 103 cm³/mol. The lowest BCUT2D eigenvalue weighted by molar-refractivity contribution is -0.145. The number of carbonyl (C=O) groups excluding carboxylic acids is 3. The molecule has 1 rings (SSSR count). The van der Waals surface area contributed by atoms with E-state index in [-0.39, 0.29) is 18.4 Å². The number of carbonyl (C=O) groups is 4. The maximum absolute atomic E-state index is 12.9. The van der Waals surface area contributed by atoms with Crippen molar-refractivity contribution in [3.8, 4) is 0 Å². The number of thioether (sulfide) groups is 1. The summed E-state index contributed by atoms with van der Waals surface area (Å²) >= 11 is 1.50. The molecule has 5 N–H and O–H groups in total. The standard InChI is InChI=1S/C17H30N4O5S/c1-10(2)14(20-13(22)9-18)16(24)21-7-4-5-12(21)15(23)19-11(17(25)26)6-8-27-3/h10-12,14H,4-9,18H2,1-3H3,(H,19,23)(H,20,22)(H,25,26). The van der Waals surface area contributed by atoms with Crippen LogP contribution >= 0.6 is 11.8 Å². The zero-order valence-corrected chi connectivity index (χ0v) is 16.9. The Labute approximate surface area is 163 Å². The molecule has 1 heterocycles. The van der Waals surface area contributed by atoms with Gasteiger partial charge in [0.15, 0.2) is 0 Å². The van der Waals surface area contributed by atoms with Gasteiger partial charge < -0.3 is 26.4 Å². The number of likely N-dealkylation sites (tertiary alicyclic amines) is 1. The van der Waals surface area contributed by atoms with Gasteiger partial charge in [0.1, 0.15) is 18.1 Å². The molecule has 1 fully saturated rings. The number of hydrogen-bond donors (Lipinski definition) is 4. The molecule has 1 aliphatic rings. The zero-order valence-electron chi connectivity index (χ0n) is 16.1. The fourth-order valence-corrected chi connectivity index (χ4v) is 3.46. The highest BCUT2D eigenvalue weighted by atomic mass is 32.2. The van der Waals surface area contributed by atoms with Gasteiger partial charge in [-0.05, 0) is 37.2 Å². The second-order valence-electron chi connectivity index (χ2n) is 6.86. The number of aliphatic carboxylic acids is 1. The smallest absolute Gasteiger partial charge is 0.326 e. The summed E-state index contributed by atoms with van der Waals surface area (Å²) in [5.41, 5.74) is 5.31. The van der Waals surface area contributed by atoms with Gasteiger partial charge in [0.05, 0.1) is 6.54 Å². The van der Waals surface area contributed by atoms with Crippen molar-refractivity contribution in [2.45, 2.75) is 51.2 Å². The lowest BCUT2D eigenvalue weighted by atomic mass is 10.0. The van der Waals surface area contributed by atoms with Gasteiger partial charge in [0.2, 0.25) is 17.7 Å². The topological polar surface area (TPSA) is 142 Å². The first-order valence-corrected chi connectivity index (χ1v) is 10.4. The SMILES string of the molecule is CSCCC(NC(=O)C1CCCN1C(=O)C(NC(=O)CN)C(C)C)C(=O)O. The average molecular weight is 403 g/mol. The quantitative estimate of drug-likeness (QED) is 0.382.